The standard InChI is InChI=1S/C50H87N17O12/c1-7-27(3)38(40(52)71)66-45(76)34(24-30-16-10-9-11-17-30)64-48(79)39(28(4)8-2)67-46(77)35(25-37(69)70)63-41(72)29(5)60-47(78)36(26-68)65-44(75)33(20-15-23-59-50(55)56)62-43(74)32(19-14-22-58-49(53)54)61-42(73)31(57-6)18-12-13-21-51/h9-11,16-17,27-29,31-36,38-39,57,68H,7-8,12-15,18-26,51H2,1-6H3,(H2,52,71)(H,60,78)(H,61,73)(H,62,74)(H,63,72)(H,64,79)(H,65,75)(H,66,76)(H,67,77)(H,69,70)(H4,53,54,58)(H4,55,56,59)/t27-,28+,29-,31-,32-,33-,34-,35-,36-,38-,39-/m0/s1. The molecule has 79 heavy (non-hydrogen) atoms. The summed E-state index contributed by atoms with van der Waals surface area (Å²) in [4.78, 5) is 134. The van der Waals surface area contributed by atoms with Crippen LogP contribution in [0.25, 0.3) is 0 Å². The van der Waals surface area contributed by atoms with Gasteiger partial charge < -0.3 is 91.6 Å². The summed E-state index contributed by atoms with van der Waals surface area (Å²) in [5.41, 5.74) is 22.7. The Bertz CT molecular complexity index is 2190. The predicted molar refractivity (Wildman–Crippen MR) is 293 cm³/mol. The first-order chi connectivity index (χ1) is 37.3. The van der Waals surface area contributed by atoms with Crippen LogP contribution in [0.5, 0.6) is 0 Å². The molecule has 9 amide bonds. The normalized spacial score (nSPS) is 15.1. The van der Waals surface area contributed by atoms with Crippen molar-refractivity contribution in [2.24, 2.45) is 34.8 Å². The van der Waals surface area contributed by atoms with E-state index in [1.807, 2.05) is 0 Å². The molecule has 0 saturated heterocycles. The number of carbonyl (C=O) groups excluding carboxylic acids is 9. The monoisotopic (exact) mass is 1120 g/mol. The van der Waals surface area contributed by atoms with Crippen LogP contribution >= 0.6 is 0 Å². The van der Waals surface area contributed by atoms with Gasteiger partial charge in [-0.2, -0.15) is 0 Å². The number of carbonyl (C=O) groups is 10. The Morgan fingerprint density at radius 3 is 1.43 bits per heavy atom. The molecule has 0 saturated carbocycles. The molecule has 1 aromatic carbocycles. The summed E-state index contributed by atoms with van der Waals surface area (Å²) in [5, 5.41) is 63.1. The van der Waals surface area contributed by atoms with Gasteiger partial charge in [-0.25, -0.2) is 0 Å². The summed E-state index contributed by atoms with van der Waals surface area (Å²) in [7, 11) is 1.58. The van der Waals surface area contributed by atoms with Crippen molar-refractivity contribution in [2.45, 2.75) is 160 Å². The molecule has 0 bridgehead atoms. The molecular formula is C50H87N17O12. The topological polar surface area (TPSA) is 495 Å². The van der Waals surface area contributed by atoms with Crippen molar-refractivity contribution < 1.29 is 58.2 Å². The number of carboxylic acids is 1. The van der Waals surface area contributed by atoms with Gasteiger partial charge >= 0.3 is 5.97 Å². The van der Waals surface area contributed by atoms with Crippen molar-refractivity contribution in [1.82, 2.24) is 58.5 Å². The summed E-state index contributed by atoms with van der Waals surface area (Å²) in [5.74, 6) is -11.2. The molecule has 0 aliphatic rings. The fourth-order valence-corrected chi connectivity index (χ4v) is 7.83. The molecule has 0 spiro atoms. The number of aliphatic carboxylic acids is 1. The lowest BCUT2D eigenvalue weighted by Gasteiger charge is -2.29. The van der Waals surface area contributed by atoms with E-state index in [2.05, 4.69) is 58.5 Å². The number of unbranched alkanes of at least 4 members (excludes halogenated alkanes) is 1. The number of hydrogen-bond donors (Lipinski definition) is 19. The molecule has 0 fully saturated rings. The maximum atomic E-state index is 14.1. The lowest BCUT2D eigenvalue weighted by atomic mass is 9.95. The lowest BCUT2D eigenvalue weighted by molar-refractivity contribution is -0.141. The van der Waals surface area contributed by atoms with Crippen LogP contribution in [-0.4, -0.2) is 169 Å². The predicted octanol–water partition coefficient (Wildman–Crippen LogP) is -4.58. The van der Waals surface area contributed by atoms with Gasteiger partial charge in [-0.1, -0.05) is 77.3 Å². The molecule has 0 aromatic heterocycles. The van der Waals surface area contributed by atoms with Crippen molar-refractivity contribution in [1.29, 1.82) is 10.8 Å². The second kappa shape index (κ2) is 37.2. The smallest absolute Gasteiger partial charge is 0.305 e. The van der Waals surface area contributed by atoms with E-state index in [0.29, 0.717) is 44.2 Å². The number of nitrogens with two attached hydrogens (primary N) is 4. The zero-order valence-corrected chi connectivity index (χ0v) is 46.1. The Labute approximate surface area is 460 Å². The number of amides is 9. The minimum atomic E-state index is -1.84. The lowest BCUT2D eigenvalue weighted by Crippen LogP contribution is -2.61. The highest BCUT2D eigenvalue weighted by Gasteiger charge is 2.36. The van der Waals surface area contributed by atoms with Gasteiger partial charge in [0.2, 0.25) is 53.2 Å². The van der Waals surface area contributed by atoms with Crippen molar-refractivity contribution in [2.75, 3.05) is 33.3 Å². The summed E-state index contributed by atoms with van der Waals surface area (Å²) >= 11 is 0. The molecule has 0 radical (unpaired) electrons. The minimum Gasteiger partial charge on any atom is -0.481 e. The van der Waals surface area contributed by atoms with Crippen molar-refractivity contribution >= 4 is 71.1 Å². The molecule has 29 heteroatoms. The van der Waals surface area contributed by atoms with Crippen LogP contribution < -0.4 is 81.4 Å². The highest BCUT2D eigenvalue weighted by Crippen LogP contribution is 2.14. The SMILES string of the molecule is CC[C@@H](C)[C@H](NC(=O)[C@H](CC(=O)O)NC(=O)[C@H](C)NC(=O)[C@H](CO)NC(=O)[C@H](CCCNC(=N)N)NC(=O)[C@H](CCCNC(=N)N)NC(=O)[C@H](CCCCN)NC)C(=O)N[C@@H](Cc1ccccc1)C(=O)N[C@H](C(N)=O)[C@@H](C)CC. The number of carboxylic acid groups (broad SMARTS) is 1. The third kappa shape index (κ3) is 26.5. The van der Waals surface area contributed by atoms with E-state index < -0.39 is 132 Å². The first-order valence-corrected chi connectivity index (χ1v) is 26.5. The molecule has 0 aliphatic heterocycles. The fraction of sp³-hybridized carbons (Fsp3) is 0.640. The van der Waals surface area contributed by atoms with Crippen molar-refractivity contribution in [3.63, 3.8) is 0 Å². The third-order valence-electron chi connectivity index (χ3n) is 13.0. The Balaban J connectivity index is 3.36. The number of likely N-dealkylation sites (N-methyl/N-ethyl adjacent to an activating group) is 1. The van der Waals surface area contributed by atoms with Gasteiger partial charge in [0.05, 0.1) is 19.1 Å². The molecule has 23 N–H and O–H groups in total. The second-order valence-corrected chi connectivity index (χ2v) is 19.2. The number of primary amides is 1. The number of benzene rings is 1. The average molecular weight is 1120 g/mol. The molecule has 11 atom stereocenters. The first-order valence-electron chi connectivity index (χ1n) is 26.5. The number of aliphatic hydroxyl groups is 1. The van der Waals surface area contributed by atoms with E-state index in [0.717, 1.165) is 0 Å². The Hall–Kier alpha value is -7.66. The summed E-state index contributed by atoms with van der Waals surface area (Å²) in [6.45, 7) is 7.65. The van der Waals surface area contributed by atoms with Gasteiger partial charge in [-0.3, -0.25) is 58.8 Å². The highest BCUT2D eigenvalue weighted by molar-refractivity contribution is 5.99. The largest absolute Gasteiger partial charge is 0.481 e. The zero-order chi connectivity index (χ0) is 59.8. The van der Waals surface area contributed by atoms with E-state index in [-0.39, 0.29) is 63.0 Å². The number of guanidine groups is 2. The summed E-state index contributed by atoms with van der Waals surface area (Å²) in [6.07, 6.45) is 1.70. The van der Waals surface area contributed by atoms with Crippen LogP contribution in [-0.2, 0) is 54.4 Å². The van der Waals surface area contributed by atoms with Gasteiger partial charge in [-0.15, -0.1) is 0 Å². The van der Waals surface area contributed by atoms with Crippen LogP contribution in [0.1, 0.15) is 104 Å². The highest BCUT2D eigenvalue weighted by atomic mass is 16.4. The fourth-order valence-electron chi connectivity index (χ4n) is 7.83. The van der Waals surface area contributed by atoms with Crippen molar-refractivity contribution in [3.8, 4) is 0 Å². The van der Waals surface area contributed by atoms with Gasteiger partial charge in [0, 0.05) is 19.5 Å². The van der Waals surface area contributed by atoms with Crippen LogP contribution in [0, 0.1) is 22.7 Å². The molecular weight excluding hydrogens is 1030 g/mol. The van der Waals surface area contributed by atoms with Gasteiger partial charge in [0.1, 0.15) is 48.3 Å². The quantitative estimate of drug-likeness (QED) is 0.0168. The van der Waals surface area contributed by atoms with E-state index in [1.54, 1.807) is 65.1 Å². The molecule has 0 heterocycles. The minimum absolute atomic E-state index is 0.0251. The van der Waals surface area contributed by atoms with Crippen LogP contribution in [0.2, 0.25) is 0 Å². The van der Waals surface area contributed by atoms with Crippen LogP contribution in [0.15, 0.2) is 30.3 Å². The van der Waals surface area contributed by atoms with E-state index >= 15 is 0 Å². The Morgan fingerprint density at radius 1 is 0.532 bits per heavy atom. The molecule has 0 aliphatic carbocycles. The number of rotatable bonds is 39. The zero-order valence-electron chi connectivity index (χ0n) is 46.1. The van der Waals surface area contributed by atoms with Crippen LogP contribution in [0.3, 0.4) is 0 Å². The maximum Gasteiger partial charge on any atom is 0.305 e. The molecule has 0 unspecified atom stereocenters. The molecule has 1 rings (SSSR count). The van der Waals surface area contributed by atoms with E-state index in [9.17, 15) is 58.2 Å². The second-order valence-electron chi connectivity index (χ2n) is 19.2. The molecule has 29 nitrogen and oxygen atoms in total. The van der Waals surface area contributed by atoms with Crippen LogP contribution in [0.4, 0.5) is 0 Å². The third-order valence-corrected chi connectivity index (χ3v) is 13.0. The van der Waals surface area contributed by atoms with Gasteiger partial charge in [0.25, 0.3) is 0 Å². The summed E-state index contributed by atoms with van der Waals surface area (Å²) < 4.78 is 0. The molecule has 444 valence electrons. The average Bonchev–Trinajstić information content (AvgIpc) is 3.40. The Morgan fingerprint density at radius 2 is 0.962 bits per heavy atom. The van der Waals surface area contributed by atoms with Crippen molar-refractivity contribution in [3.05, 3.63) is 35.9 Å². The number of aliphatic hydroxyl groups excluding tert-OH is 1. The first kappa shape index (κ1) is 69.4. The summed E-state index contributed by atoms with van der Waals surface area (Å²) in [6, 6.07) is -3.60. The van der Waals surface area contributed by atoms with Gasteiger partial charge in [-0.05, 0) is 76.4 Å². The maximum absolute atomic E-state index is 14.1. The van der Waals surface area contributed by atoms with E-state index in [1.165, 1.54) is 6.92 Å². The molecule has 1 aromatic rings. The number of nitrogens with one attached hydrogen (secondary N) is 13. The van der Waals surface area contributed by atoms with E-state index in [4.69, 9.17) is 33.8 Å². The van der Waals surface area contributed by atoms with Gasteiger partial charge in [0.15, 0.2) is 11.9 Å². The number of hydrogen-bond acceptors (Lipinski definition) is 15. The Kier molecular flexibility index (Phi) is 32.7.